The van der Waals surface area contributed by atoms with Crippen LogP contribution < -0.4 is 5.32 Å². The lowest BCUT2D eigenvalue weighted by atomic mass is 9.99. The Morgan fingerprint density at radius 2 is 1.71 bits per heavy atom. The monoisotopic (exact) mass is 400 g/mol. The summed E-state index contributed by atoms with van der Waals surface area (Å²) in [5.41, 5.74) is 4.62. The van der Waals surface area contributed by atoms with Gasteiger partial charge in [-0.15, -0.1) is 0 Å². The number of nitrogens with one attached hydrogen (secondary N) is 1. The van der Waals surface area contributed by atoms with Gasteiger partial charge in [0.15, 0.2) is 0 Å². The first kappa shape index (κ1) is 20.6. The molecule has 0 unspecified atom stereocenters. The van der Waals surface area contributed by atoms with Crippen molar-refractivity contribution in [1.82, 2.24) is 9.62 Å². The largest absolute Gasteiger partial charge is 0.346 e. The molecule has 3 rings (SSSR count). The molecule has 1 atom stereocenters. The van der Waals surface area contributed by atoms with E-state index in [1.807, 2.05) is 20.8 Å². The molecule has 1 aliphatic heterocycles. The molecule has 2 aromatic carbocycles. The van der Waals surface area contributed by atoms with Crippen LogP contribution in [0.3, 0.4) is 0 Å². The standard InChI is InChI=1S/C22H28N2O3S/c1-16-6-7-17(2)21(14-16)18(3)23-22(25)20-10-8-19(9-11-20)15-28(26,27)24-12-4-5-13-24/h6-11,14,18H,4-5,12-13,15H2,1-3H3,(H,23,25)/t18-/m1/s1. The van der Waals surface area contributed by atoms with Gasteiger partial charge in [0, 0.05) is 18.7 Å². The first-order chi connectivity index (χ1) is 13.3. The summed E-state index contributed by atoms with van der Waals surface area (Å²) >= 11 is 0. The number of carbonyl (C=O) groups excluding carboxylic acids is 1. The molecule has 0 bridgehead atoms. The zero-order valence-corrected chi connectivity index (χ0v) is 17.6. The maximum Gasteiger partial charge on any atom is 0.251 e. The van der Waals surface area contributed by atoms with E-state index in [4.69, 9.17) is 0 Å². The molecular formula is C22H28N2O3S. The molecule has 1 N–H and O–H groups in total. The minimum atomic E-state index is -3.28. The second-order valence-electron chi connectivity index (χ2n) is 7.61. The van der Waals surface area contributed by atoms with Gasteiger partial charge in [-0.2, -0.15) is 0 Å². The van der Waals surface area contributed by atoms with Crippen molar-refractivity contribution in [2.45, 2.75) is 45.4 Å². The number of nitrogens with zero attached hydrogens (tertiary/aromatic N) is 1. The van der Waals surface area contributed by atoms with E-state index in [9.17, 15) is 13.2 Å². The fraction of sp³-hybridized carbons (Fsp3) is 0.409. The summed E-state index contributed by atoms with van der Waals surface area (Å²) in [6, 6.07) is 12.9. The quantitative estimate of drug-likeness (QED) is 0.804. The summed E-state index contributed by atoms with van der Waals surface area (Å²) in [7, 11) is -3.28. The highest BCUT2D eigenvalue weighted by Gasteiger charge is 2.25. The Morgan fingerprint density at radius 1 is 1.07 bits per heavy atom. The number of aryl methyl sites for hydroxylation is 2. The van der Waals surface area contributed by atoms with E-state index in [-0.39, 0.29) is 17.7 Å². The molecule has 0 saturated carbocycles. The Labute approximate surface area is 167 Å². The summed E-state index contributed by atoms with van der Waals surface area (Å²) in [6.07, 6.45) is 1.86. The van der Waals surface area contributed by atoms with E-state index < -0.39 is 10.0 Å². The Bertz CT molecular complexity index is 946. The van der Waals surface area contributed by atoms with Crippen LogP contribution in [0.1, 0.15) is 58.4 Å². The lowest BCUT2D eigenvalue weighted by molar-refractivity contribution is 0.0940. The van der Waals surface area contributed by atoms with Gasteiger partial charge in [0.2, 0.25) is 10.0 Å². The zero-order valence-electron chi connectivity index (χ0n) is 16.7. The maximum atomic E-state index is 12.6. The third kappa shape index (κ3) is 4.80. The summed E-state index contributed by atoms with van der Waals surface area (Å²) in [6.45, 7) is 7.26. The van der Waals surface area contributed by atoms with Crippen LogP contribution in [-0.4, -0.2) is 31.7 Å². The van der Waals surface area contributed by atoms with Gasteiger partial charge in [-0.3, -0.25) is 4.79 Å². The normalized spacial score (nSPS) is 16.1. The molecule has 150 valence electrons. The molecule has 1 saturated heterocycles. The van der Waals surface area contributed by atoms with E-state index in [2.05, 4.69) is 23.5 Å². The van der Waals surface area contributed by atoms with Gasteiger partial charge in [-0.25, -0.2) is 12.7 Å². The van der Waals surface area contributed by atoms with Crippen molar-refractivity contribution in [1.29, 1.82) is 0 Å². The average molecular weight is 401 g/mol. The smallest absolute Gasteiger partial charge is 0.251 e. The third-order valence-corrected chi connectivity index (χ3v) is 7.12. The molecule has 1 heterocycles. The Hall–Kier alpha value is -2.18. The molecule has 28 heavy (non-hydrogen) atoms. The molecular weight excluding hydrogens is 372 g/mol. The van der Waals surface area contributed by atoms with Crippen LogP contribution in [0.25, 0.3) is 0 Å². The van der Waals surface area contributed by atoms with E-state index in [1.54, 1.807) is 28.6 Å². The van der Waals surface area contributed by atoms with Crippen LogP contribution in [0.15, 0.2) is 42.5 Å². The van der Waals surface area contributed by atoms with Gasteiger partial charge < -0.3 is 5.32 Å². The van der Waals surface area contributed by atoms with Crippen LogP contribution in [0.2, 0.25) is 0 Å². The average Bonchev–Trinajstić information content (AvgIpc) is 3.19. The summed E-state index contributed by atoms with van der Waals surface area (Å²) < 4.78 is 26.4. The van der Waals surface area contributed by atoms with Crippen molar-refractivity contribution in [3.8, 4) is 0 Å². The SMILES string of the molecule is Cc1ccc(C)c([C@@H](C)NC(=O)c2ccc(CS(=O)(=O)N3CCCC3)cc2)c1. The molecule has 0 radical (unpaired) electrons. The first-order valence-electron chi connectivity index (χ1n) is 9.71. The number of sulfonamides is 1. The van der Waals surface area contributed by atoms with Crippen molar-refractivity contribution < 1.29 is 13.2 Å². The van der Waals surface area contributed by atoms with Gasteiger partial charge in [-0.1, -0.05) is 35.9 Å². The summed E-state index contributed by atoms with van der Waals surface area (Å²) in [5, 5.41) is 3.03. The van der Waals surface area contributed by atoms with Crippen molar-refractivity contribution in [3.63, 3.8) is 0 Å². The third-order valence-electron chi connectivity index (χ3n) is 5.27. The lowest BCUT2D eigenvalue weighted by Gasteiger charge is -2.18. The number of amides is 1. The molecule has 0 aliphatic carbocycles. The molecule has 1 aliphatic rings. The van der Waals surface area contributed by atoms with Crippen LogP contribution >= 0.6 is 0 Å². The predicted molar refractivity (Wildman–Crippen MR) is 112 cm³/mol. The van der Waals surface area contributed by atoms with Crippen LogP contribution in [0.5, 0.6) is 0 Å². The van der Waals surface area contributed by atoms with Crippen molar-refractivity contribution in [2.75, 3.05) is 13.1 Å². The van der Waals surface area contributed by atoms with Gasteiger partial charge in [0.1, 0.15) is 0 Å². The molecule has 0 spiro atoms. The number of carbonyl (C=O) groups is 1. The Morgan fingerprint density at radius 3 is 2.36 bits per heavy atom. The van der Waals surface area contributed by atoms with Gasteiger partial charge in [0.25, 0.3) is 5.91 Å². The first-order valence-corrected chi connectivity index (χ1v) is 11.3. The van der Waals surface area contributed by atoms with E-state index in [1.165, 1.54) is 0 Å². The molecule has 1 amide bonds. The molecule has 0 aromatic heterocycles. The van der Waals surface area contributed by atoms with Crippen LogP contribution in [-0.2, 0) is 15.8 Å². The highest BCUT2D eigenvalue weighted by molar-refractivity contribution is 7.88. The second-order valence-corrected chi connectivity index (χ2v) is 9.58. The van der Waals surface area contributed by atoms with Gasteiger partial charge in [-0.05, 0) is 62.4 Å². The topological polar surface area (TPSA) is 66.5 Å². The molecule has 6 heteroatoms. The predicted octanol–water partition coefficient (Wildman–Crippen LogP) is 3.72. The number of hydrogen-bond donors (Lipinski definition) is 1. The maximum absolute atomic E-state index is 12.6. The molecule has 2 aromatic rings. The lowest BCUT2D eigenvalue weighted by Crippen LogP contribution is -2.29. The van der Waals surface area contributed by atoms with E-state index in [0.29, 0.717) is 24.2 Å². The molecule has 1 fully saturated rings. The van der Waals surface area contributed by atoms with E-state index >= 15 is 0 Å². The Kier molecular flexibility index (Phi) is 6.20. The zero-order chi connectivity index (χ0) is 20.3. The summed E-state index contributed by atoms with van der Waals surface area (Å²) in [4.78, 5) is 12.6. The minimum absolute atomic E-state index is 0.0201. The highest BCUT2D eigenvalue weighted by Crippen LogP contribution is 2.20. The molecule has 5 nitrogen and oxygen atoms in total. The van der Waals surface area contributed by atoms with Crippen LogP contribution in [0.4, 0.5) is 0 Å². The van der Waals surface area contributed by atoms with Crippen molar-refractivity contribution in [3.05, 3.63) is 70.3 Å². The number of hydrogen-bond acceptors (Lipinski definition) is 3. The van der Waals surface area contributed by atoms with E-state index in [0.717, 1.165) is 29.5 Å². The minimum Gasteiger partial charge on any atom is -0.346 e. The summed E-state index contributed by atoms with van der Waals surface area (Å²) in [5.74, 6) is -0.185. The van der Waals surface area contributed by atoms with Crippen molar-refractivity contribution in [2.24, 2.45) is 0 Å². The fourth-order valence-electron chi connectivity index (χ4n) is 3.60. The number of benzene rings is 2. The van der Waals surface area contributed by atoms with Gasteiger partial charge >= 0.3 is 0 Å². The van der Waals surface area contributed by atoms with Crippen molar-refractivity contribution >= 4 is 15.9 Å². The van der Waals surface area contributed by atoms with Gasteiger partial charge in [0.05, 0.1) is 11.8 Å². The number of rotatable bonds is 6. The Balaban J connectivity index is 1.65. The highest BCUT2D eigenvalue weighted by atomic mass is 32.2. The van der Waals surface area contributed by atoms with Crippen LogP contribution in [0, 0.1) is 13.8 Å². The fourth-order valence-corrected chi connectivity index (χ4v) is 5.22. The second kappa shape index (κ2) is 8.45.